The van der Waals surface area contributed by atoms with Crippen molar-refractivity contribution in [2.45, 2.75) is 19.0 Å². The summed E-state index contributed by atoms with van der Waals surface area (Å²) in [5, 5.41) is 2.48. The number of amides is 1. The summed E-state index contributed by atoms with van der Waals surface area (Å²) >= 11 is 0. The first-order valence-corrected chi connectivity index (χ1v) is 8.22. The number of nitrogens with zero attached hydrogens (tertiary/aromatic N) is 1. The van der Waals surface area contributed by atoms with Crippen molar-refractivity contribution >= 4 is 17.6 Å². The smallest absolute Gasteiger partial charge is 0.323 e. The molecule has 0 bridgehead atoms. The van der Waals surface area contributed by atoms with E-state index in [0.717, 1.165) is 17.7 Å². The number of carbonyl (C=O) groups excluding carboxylic acids is 2. The number of halogens is 2. The van der Waals surface area contributed by atoms with Crippen molar-refractivity contribution < 1.29 is 23.1 Å². The van der Waals surface area contributed by atoms with E-state index in [0.29, 0.717) is 13.1 Å². The van der Waals surface area contributed by atoms with Crippen LogP contribution in [0.5, 0.6) is 0 Å². The van der Waals surface area contributed by atoms with Crippen molar-refractivity contribution in [2.24, 2.45) is 0 Å². The van der Waals surface area contributed by atoms with Gasteiger partial charge in [0.05, 0.1) is 6.42 Å². The van der Waals surface area contributed by atoms with Crippen LogP contribution < -0.4 is 5.32 Å². The van der Waals surface area contributed by atoms with E-state index in [9.17, 15) is 18.4 Å². The average molecular weight is 360 g/mol. The Hall–Kier alpha value is -2.80. The number of morpholine rings is 1. The molecule has 0 unspecified atom stereocenters. The highest BCUT2D eigenvalue weighted by Crippen LogP contribution is 2.18. The second-order valence-corrected chi connectivity index (χ2v) is 6.02. The highest BCUT2D eigenvalue weighted by molar-refractivity contribution is 5.94. The van der Waals surface area contributed by atoms with Crippen molar-refractivity contribution in [1.29, 1.82) is 0 Å². The number of ether oxygens (including phenoxy) is 1. The van der Waals surface area contributed by atoms with E-state index in [4.69, 9.17) is 4.74 Å². The normalized spacial score (nSPS) is 17.6. The second kappa shape index (κ2) is 8.05. The zero-order chi connectivity index (χ0) is 18.5. The lowest BCUT2D eigenvalue weighted by atomic mass is 10.1. The van der Waals surface area contributed by atoms with Crippen LogP contribution in [0.1, 0.15) is 12.0 Å². The largest absolute Gasteiger partial charge is 0.463 e. The van der Waals surface area contributed by atoms with Crippen molar-refractivity contribution in [1.82, 2.24) is 4.90 Å². The molecule has 26 heavy (non-hydrogen) atoms. The molecule has 0 spiro atoms. The van der Waals surface area contributed by atoms with E-state index in [1.165, 1.54) is 6.07 Å². The summed E-state index contributed by atoms with van der Waals surface area (Å²) < 4.78 is 31.3. The van der Waals surface area contributed by atoms with E-state index in [2.05, 4.69) is 5.32 Å². The maximum atomic E-state index is 13.2. The van der Waals surface area contributed by atoms with Gasteiger partial charge in [-0.15, -0.1) is 0 Å². The standard InChI is InChI=1S/C19H18F2N2O3/c20-15-7-6-14(10-16(15)21)22-18(24)11-17-19(25)26-9-8-23(17)12-13-4-2-1-3-5-13/h1-7,10,17H,8-9,11-12H2,(H,22,24)/t17-/m1/s1. The number of nitrogens with one attached hydrogen (secondary N) is 1. The molecule has 1 saturated heterocycles. The molecular formula is C19H18F2N2O3. The molecule has 1 N–H and O–H groups in total. The van der Waals surface area contributed by atoms with Crippen LogP contribution in [0.2, 0.25) is 0 Å². The minimum Gasteiger partial charge on any atom is -0.463 e. The van der Waals surface area contributed by atoms with E-state index in [-0.39, 0.29) is 18.7 Å². The zero-order valence-corrected chi connectivity index (χ0v) is 14.0. The third-order valence-electron chi connectivity index (χ3n) is 4.15. The van der Waals surface area contributed by atoms with Gasteiger partial charge in [-0.05, 0) is 17.7 Å². The first-order chi connectivity index (χ1) is 12.5. The molecule has 0 aromatic heterocycles. The van der Waals surface area contributed by atoms with Gasteiger partial charge in [0.1, 0.15) is 12.6 Å². The molecule has 7 heteroatoms. The van der Waals surface area contributed by atoms with Gasteiger partial charge in [0.15, 0.2) is 11.6 Å². The second-order valence-electron chi connectivity index (χ2n) is 6.02. The number of esters is 1. The Morgan fingerprint density at radius 2 is 1.92 bits per heavy atom. The SMILES string of the molecule is O=C(C[C@@H]1C(=O)OCCN1Cc1ccccc1)Nc1ccc(F)c(F)c1. The predicted octanol–water partition coefficient (Wildman–Crippen LogP) is 2.72. The summed E-state index contributed by atoms with van der Waals surface area (Å²) in [6.45, 7) is 1.30. The lowest BCUT2D eigenvalue weighted by Crippen LogP contribution is -2.49. The van der Waals surface area contributed by atoms with Gasteiger partial charge < -0.3 is 10.1 Å². The molecule has 1 aliphatic heterocycles. The highest BCUT2D eigenvalue weighted by atomic mass is 19.2. The van der Waals surface area contributed by atoms with Crippen molar-refractivity contribution in [2.75, 3.05) is 18.5 Å². The van der Waals surface area contributed by atoms with E-state index >= 15 is 0 Å². The molecule has 1 aliphatic rings. The Balaban J connectivity index is 1.66. The molecule has 3 rings (SSSR count). The van der Waals surface area contributed by atoms with E-state index in [1.54, 1.807) is 0 Å². The summed E-state index contributed by atoms with van der Waals surface area (Å²) in [5.41, 5.74) is 1.15. The van der Waals surface area contributed by atoms with Crippen LogP contribution >= 0.6 is 0 Å². The first kappa shape index (κ1) is 18.0. The van der Waals surface area contributed by atoms with Gasteiger partial charge in [0.2, 0.25) is 5.91 Å². The van der Waals surface area contributed by atoms with Crippen LogP contribution in [0.4, 0.5) is 14.5 Å². The lowest BCUT2D eigenvalue weighted by molar-refractivity contribution is -0.159. The van der Waals surface area contributed by atoms with Gasteiger partial charge in [-0.1, -0.05) is 30.3 Å². The molecule has 2 aromatic rings. The molecule has 0 aliphatic carbocycles. The van der Waals surface area contributed by atoms with Crippen LogP contribution in [-0.2, 0) is 20.9 Å². The summed E-state index contributed by atoms with van der Waals surface area (Å²) in [6.07, 6.45) is -0.134. The Labute approximate surface area is 149 Å². The number of anilines is 1. The Morgan fingerprint density at radius 3 is 2.65 bits per heavy atom. The monoisotopic (exact) mass is 360 g/mol. The fourth-order valence-corrected chi connectivity index (χ4v) is 2.85. The molecule has 0 radical (unpaired) electrons. The maximum Gasteiger partial charge on any atom is 0.323 e. The van der Waals surface area contributed by atoms with Crippen LogP contribution in [0.3, 0.4) is 0 Å². The number of cyclic esters (lactones) is 1. The van der Waals surface area contributed by atoms with E-state index in [1.807, 2.05) is 35.2 Å². The molecular weight excluding hydrogens is 342 g/mol. The molecule has 136 valence electrons. The number of hydrogen-bond acceptors (Lipinski definition) is 4. The molecule has 1 atom stereocenters. The molecule has 1 fully saturated rings. The average Bonchev–Trinajstić information content (AvgIpc) is 2.62. The van der Waals surface area contributed by atoms with Crippen molar-refractivity contribution in [3.8, 4) is 0 Å². The van der Waals surface area contributed by atoms with Gasteiger partial charge in [0, 0.05) is 24.8 Å². The van der Waals surface area contributed by atoms with Crippen LogP contribution in [0.15, 0.2) is 48.5 Å². The fourth-order valence-electron chi connectivity index (χ4n) is 2.85. The topological polar surface area (TPSA) is 58.6 Å². The number of carbonyl (C=O) groups is 2. The molecule has 2 aromatic carbocycles. The number of hydrogen-bond donors (Lipinski definition) is 1. The van der Waals surface area contributed by atoms with Crippen molar-refractivity contribution in [3.63, 3.8) is 0 Å². The van der Waals surface area contributed by atoms with Crippen LogP contribution in [0, 0.1) is 11.6 Å². The van der Waals surface area contributed by atoms with Crippen LogP contribution in [0.25, 0.3) is 0 Å². The third-order valence-corrected chi connectivity index (χ3v) is 4.15. The van der Waals surface area contributed by atoms with Gasteiger partial charge >= 0.3 is 5.97 Å². The molecule has 0 saturated carbocycles. The minimum absolute atomic E-state index is 0.132. The third kappa shape index (κ3) is 4.43. The van der Waals surface area contributed by atoms with Crippen molar-refractivity contribution in [3.05, 3.63) is 65.7 Å². The van der Waals surface area contributed by atoms with Gasteiger partial charge in [0.25, 0.3) is 0 Å². The fraction of sp³-hybridized carbons (Fsp3) is 0.263. The predicted molar refractivity (Wildman–Crippen MR) is 91.2 cm³/mol. The molecule has 1 heterocycles. The minimum atomic E-state index is -1.05. The summed E-state index contributed by atoms with van der Waals surface area (Å²) in [7, 11) is 0. The quantitative estimate of drug-likeness (QED) is 0.833. The summed E-state index contributed by atoms with van der Waals surface area (Å²) in [6, 6.07) is 12.0. The highest BCUT2D eigenvalue weighted by Gasteiger charge is 2.33. The molecule has 1 amide bonds. The zero-order valence-electron chi connectivity index (χ0n) is 14.0. The number of benzene rings is 2. The maximum absolute atomic E-state index is 13.2. The van der Waals surface area contributed by atoms with Gasteiger partial charge in [-0.3, -0.25) is 14.5 Å². The Morgan fingerprint density at radius 1 is 1.15 bits per heavy atom. The van der Waals surface area contributed by atoms with Gasteiger partial charge in [-0.25, -0.2) is 8.78 Å². The van der Waals surface area contributed by atoms with Crippen LogP contribution in [-0.4, -0.2) is 36.0 Å². The lowest BCUT2D eigenvalue weighted by Gasteiger charge is -2.33. The van der Waals surface area contributed by atoms with Gasteiger partial charge in [-0.2, -0.15) is 0 Å². The Kier molecular flexibility index (Phi) is 5.58. The Bertz CT molecular complexity index is 799. The summed E-state index contributed by atoms with van der Waals surface area (Å²) in [5.74, 6) is -2.98. The van der Waals surface area contributed by atoms with E-state index < -0.39 is 29.6 Å². The summed E-state index contributed by atoms with van der Waals surface area (Å²) in [4.78, 5) is 26.3. The molecule has 5 nitrogen and oxygen atoms in total. The first-order valence-electron chi connectivity index (χ1n) is 8.22. The number of rotatable bonds is 5.